The number of carboxylic acids is 1. The normalized spacial score (nSPS) is 11.1. The van der Waals surface area contributed by atoms with Crippen molar-refractivity contribution in [2.24, 2.45) is 7.05 Å². The number of rotatable bonds is 2. The molecule has 2 N–H and O–H groups in total. The minimum atomic E-state index is -1.09. The van der Waals surface area contributed by atoms with Gasteiger partial charge in [-0.15, -0.1) is 0 Å². The number of aromatic nitrogens is 3. The molecule has 0 aliphatic carbocycles. The van der Waals surface area contributed by atoms with Gasteiger partial charge in [0.2, 0.25) is 0 Å². The number of H-pyrrole nitrogens is 1. The van der Waals surface area contributed by atoms with Gasteiger partial charge < -0.3 is 10.1 Å². The predicted octanol–water partition coefficient (Wildman–Crippen LogP) is 2.41. The summed E-state index contributed by atoms with van der Waals surface area (Å²) >= 11 is 0. The van der Waals surface area contributed by atoms with Crippen molar-refractivity contribution in [3.63, 3.8) is 0 Å². The summed E-state index contributed by atoms with van der Waals surface area (Å²) in [7, 11) is 1.65. The summed E-state index contributed by atoms with van der Waals surface area (Å²) in [6.07, 6.45) is 1.72. The Morgan fingerprint density at radius 2 is 2.21 bits per heavy atom. The second-order valence-electron chi connectivity index (χ2n) is 4.24. The van der Waals surface area contributed by atoms with Crippen molar-refractivity contribution in [3.8, 4) is 11.3 Å². The summed E-state index contributed by atoms with van der Waals surface area (Å²) in [6, 6.07) is 5.89. The van der Waals surface area contributed by atoms with Crippen LogP contribution in [0.4, 0.5) is 4.39 Å². The van der Waals surface area contributed by atoms with Gasteiger partial charge in [0.15, 0.2) is 5.69 Å². The van der Waals surface area contributed by atoms with E-state index in [1.807, 2.05) is 0 Å². The first-order valence-corrected chi connectivity index (χ1v) is 5.60. The number of halogens is 1. The molecular formula is C13H10FN3O2. The zero-order valence-corrected chi connectivity index (χ0v) is 10.0. The minimum absolute atomic E-state index is 0.0387. The zero-order valence-electron chi connectivity index (χ0n) is 10.0. The Labute approximate surface area is 107 Å². The van der Waals surface area contributed by atoms with Crippen molar-refractivity contribution in [2.75, 3.05) is 0 Å². The average Bonchev–Trinajstić information content (AvgIpc) is 2.92. The number of benzene rings is 1. The molecule has 0 saturated heterocycles. The standard InChI is InChI=1S/C13H10FN3O2/c1-17-12(5-11(16-17)13(18)19)9-6-15-10-3-2-7(14)4-8(9)10/h2-6,15H,1H3,(H,18,19). The van der Waals surface area contributed by atoms with E-state index in [2.05, 4.69) is 10.1 Å². The fourth-order valence-corrected chi connectivity index (χ4v) is 2.13. The second kappa shape index (κ2) is 3.94. The zero-order chi connectivity index (χ0) is 13.6. The van der Waals surface area contributed by atoms with E-state index in [4.69, 9.17) is 5.11 Å². The number of nitrogens with zero attached hydrogens (tertiary/aromatic N) is 2. The van der Waals surface area contributed by atoms with E-state index in [0.717, 1.165) is 11.1 Å². The number of hydrogen-bond donors (Lipinski definition) is 2. The quantitative estimate of drug-likeness (QED) is 0.742. The number of aromatic carboxylic acids is 1. The molecule has 2 heterocycles. The lowest BCUT2D eigenvalue weighted by Gasteiger charge is -1.99. The Kier molecular flexibility index (Phi) is 2.38. The molecule has 0 spiro atoms. The summed E-state index contributed by atoms with van der Waals surface area (Å²) in [5, 5.41) is 13.5. The molecule has 19 heavy (non-hydrogen) atoms. The predicted molar refractivity (Wildman–Crippen MR) is 67.4 cm³/mol. The first kappa shape index (κ1) is 11.5. The van der Waals surface area contributed by atoms with Crippen LogP contribution in [0.2, 0.25) is 0 Å². The van der Waals surface area contributed by atoms with E-state index in [1.54, 1.807) is 19.3 Å². The third-order valence-corrected chi connectivity index (χ3v) is 3.02. The van der Waals surface area contributed by atoms with E-state index in [0.29, 0.717) is 11.1 Å². The van der Waals surface area contributed by atoms with Gasteiger partial charge in [-0.3, -0.25) is 4.68 Å². The smallest absolute Gasteiger partial charge is 0.356 e. The fourth-order valence-electron chi connectivity index (χ4n) is 2.13. The van der Waals surface area contributed by atoms with Crippen molar-refractivity contribution >= 4 is 16.9 Å². The maximum Gasteiger partial charge on any atom is 0.356 e. The van der Waals surface area contributed by atoms with Crippen LogP contribution in [0.15, 0.2) is 30.5 Å². The third-order valence-electron chi connectivity index (χ3n) is 3.02. The molecular weight excluding hydrogens is 249 g/mol. The lowest BCUT2D eigenvalue weighted by molar-refractivity contribution is 0.0689. The summed E-state index contributed by atoms with van der Waals surface area (Å²) in [5.74, 6) is -1.43. The van der Waals surface area contributed by atoms with E-state index < -0.39 is 5.97 Å². The Morgan fingerprint density at radius 3 is 2.89 bits per heavy atom. The Bertz CT molecular complexity index is 788. The number of aromatic amines is 1. The van der Waals surface area contributed by atoms with E-state index in [9.17, 15) is 9.18 Å². The number of carbonyl (C=O) groups is 1. The van der Waals surface area contributed by atoms with Gasteiger partial charge in [0, 0.05) is 29.7 Å². The molecule has 6 heteroatoms. The molecule has 0 fully saturated rings. The van der Waals surface area contributed by atoms with Crippen LogP contribution in [0.25, 0.3) is 22.2 Å². The summed E-state index contributed by atoms with van der Waals surface area (Å²) in [5.41, 5.74) is 2.09. The molecule has 0 aliphatic heterocycles. The van der Waals surface area contributed by atoms with Crippen molar-refractivity contribution in [1.82, 2.24) is 14.8 Å². The van der Waals surface area contributed by atoms with Gasteiger partial charge in [0.05, 0.1) is 5.69 Å². The van der Waals surface area contributed by atoms with Crippen LogP contribution in [-0.4, -0.2) is 25.8 Å². The van der Waals surface area contributed by atoms with Gasteiger partial charge in [-0.2, -0.15) is 5.10 Å². The molecule has 0 unspecified atom stereocenters. The van der Waals surface area contributed by atoms with Crippen molar-refractivity contribution < 1.29 is 14.3 Å². The summed E-state index contributed by atoms with van der Waals surface area (Å²) < 4.78 is 14.8. The highest BCUT2D eigenvalue weighted by Gasteiger charge is 2.15. The van der Waals surface area contributed by atoms with Crippen LogP contribution in [0, 0.1) is 5.82 Å². The molecule has 5 nitrogen and oxygen atoms in total. The van der Waals surface area contributed by atoms with Crippen LogP contribution < -0.4 is 0 Å². The van der Waals surface area contributed by atoms with Gasteiger partial charge in [-0.05, 0) is 24.3 Å². The number of aryl methyl sites for hydroxylation is 1. The highest BCUT2D eigenvalue weighted by Crippen LogP contribution is 2.29. The minimum Gasteiger partial charge on any atom is -0.476 e. The molecule has 0 amide bonds. The monoisotopic (exact) mass is 259 g/mol. The van der Waals surface area contributed by atoms with Gasteiger partial charge in [-0.1, -0.05) is 0 Å². The molecule has 0 aliphatic rings. The first-order valence-electron chi connectivity index (χ1n) is 5.60. The number of carboxylic acid groups (broad SMARTS) is 1. The average molecular weight is 259 g/mol. The van der Waals surface area contributed by atoms with Gasteiger partial charge in [-0.25, -0.2) is 9.18 Å². The Morgan fingerprint density at radius 1 is 1.42 bits per heavy atom. The topological polar surface area (TPSA) is 70.9 Å². The van der Waals surface area contributed by atoms with Crippen molar-refractivity contribution in [1.29, 1.82) is 0 Å². The van der Waals surface area contributed by atoms with E-state index in [-0.39, 0.29) is 11.5 Å². The van der Waals surface area contributed by atoms with Crippen LogP contribution in [0.1, 0.15) is 10.5 Å². The largest absolute Gasteiger partial charge is 0.476 e. The molecule has 96 valence electrons. The van der Waals surface area contributed by atoms with E-state index >= 15 is 0 Å². The van der Waals surface area contributed by atoms with Gasteiger partial charge in [0.25, 0.3) is 0 Å². The van der Waals surface area contributed by atoms with Crippen LogP contribution in [0.5, 0.6) is 0 Å². The van der Waals surface area contributed by atoms with Crippen LogP contribution in [-0.2, 0) is 7.05 Å². The van der Waals surface area contributed by atoms with Gasteiger partial charge >= 0.3 is 5.97 Å². The molecule has 0 bridgehead atoms. The molecule has 0 saturated carbocycles. The number of nitrogens with one attached hydrogen (secondary N) is 1. The molecule has 1 aromatic carbocycles. The molecule has 0 atom stereocenters. The van der Waals surface area contributed by atoms with Crippen LogP contribution >= 0.6 is 0 Å². The Balaban J connectivity index is 2.24. The Hall–Kier alpha value is -2.63. The third kappa shape index (κ3) is 1.77. The van der Waals surface area contributed by atoms with Gasteiger partial charge in [0.1, 0.15) is 5.82 Å². The summed E-state index contributed by atoms with van der Waals surface area (Å²) in [4.78, 5) is 13.9. The lowest BCUT2D eigenvalue weighted by Crippen LogP contribution is -1.99. The van der Waals surface area contributed by atoms with E-state index in [1.165, 1.54) is 22.9 Å². The molecule has 3 aromatic rings. The maximum atomic E-state index is 13.3. The number of fused-ring (bicyclic) bond motifs is 1. The summed E-state index contributed by atoms with van der Waals surface area (Å²) in [6.45, 7) is 0. The molecule has 0 radical (unpaired) electrons. The van der Waals surface area contributed by atoms with Crippen LogP contribution in [0.3, 0.4) is 0 Å². The molecule has 3 rings (SSSR count). The van der Waals surface area contributed by atoms with Crippen molar-refractivity contribution in [2.45, 2.75) is 0 Å². The van der Waals surface area contributed by atoms with Crippen molar-refractivity contribution in [3.05, 3.63) is 42.0 Å². The lowest BCUT2D eigenvalue weighted by atomic mass is 10.1. The number of hydrogen-bond acceptors (Lipinski definition) is 2. The highest BCUT2D eigenvalue weighted by molar-refractivity contribution is 5.96. The second-order valence-corrected chi connectivity index (χ2v) is 4.24. The SMILES string of the molecule is Cn1nc(C(=O)O)cc1-c1c[nH]c2ccc(F)cc12. The molecule has 2 aromatic heterocycles. The highest BCUT2D eigenvalue weighted by atomic mass is 19.1. The fraction of sp³-hybridized carbons (Fsp3) is 0.0769. The first-order chi connectivity index (χ1) is 9.06. The maximum absolute atomic E-state index is 13.3.